The van der Waals surface area contributed by atoms with Gasteiger partial charge in [0.15, 0.2) is 0 Å². The lowest BCUT2D eigenvalue weighted by molar-refractivity contribution is 0.0600. The molecule has 1 heterocycles. The zero-order chi connectivity index (χ0) is 20.6. The first kappa shape index (κ1) is 19.7. The molecular weight excluding hydrogens is 382 g/mol. The normalized spacial score (nSPS) is 11.6. The van der Waals surface area contributed by atoms with Crippen LogP contribution in [-0.2, 0) is 35.4 Å². The van der Waals surface area contributed by atoms with Crippen molar-refractivity contribution in [1.29, 1.82) is 0 Å². The lowest BCUT2D eigenvalue weighted by Crippen LogP contribution is -2.29. The highest BCUT2D eigenvalue weighted by molar-refractivity contribution is 7.92. The van der Waals surface area contributed by atoms with E-state index in [1.54, 1.807) is 56.6 Å². The van der Waals surface area contributed by atoms with Crippen LogP contribution in [0, 0.1) is 0 Å². The van der Waals surface area contributed by atoms with Gasteiger partial charge in [-0.2, -0.15) is 0 Å². The van der Waals surface area contributed by atoms with Gasteiger partial charge in [-0.1, -0.05) is 12.1 Å². The van der Waals surface area contributed by atoms with Gasteiger partial charge in [0.05, 0.1) is 42.2 Å². The second kappa shape index (κ2) is 7.16. The summed E-state index contributed by atoms with van der Waals surface area (Å²) in [5.41, 5.74) is 2.72. The number of ether oxygens (including phenoxy) is 1. The number of benzene rings is 2. The fourth-order valence-corrected chi connectivity index (χ4v) is 3.96. The smallest absolute Gasteiger partial charge is 0.337 e. The van der Waals surface area contributed by atoms with E-state index in [1.165, 1.54) is 20.5 Å². The van der Waals surface area contributed by atoms with Crippen LogP contribution in [0.25, 0.3) is 11.0 Å². The Hall–Kier alpha value is -3.07. The third kappa shape index (κ3) is 3.53. The standard InChI is InChI=1S/C19H21N3O5S/c1-20-16-10-9-15(11-17(16)21(2)19(20)24)22(28(4,25)26)12-13-5-7-14(8-6-13)18(23)27-3/h5-11H,12H2,1-4H3. The predicted molar refractivity (Wildman–Crippen MR) is 107 cm³/mol. The molecule has 0 aliphatic rings. The van der Waals surface area contributed by atoms with Gasteiger partial charge in [0.25, 0.3) is 0 Å². The Kier molecular flexibility index (Phi) is 5.03. The number of aryl methyl sites for hydroxylation is 2. The number of methoxy groups -OCH3 is 1. The Morgan fingerprint density at radius 2 is 1.64 bits per heavy atom. The van der Waals surface area contributed by atoms with Crippen molar-refractivity contribution in [2.45, 2.75) is 6.54 Å². The lowest BCUT2D eigenvalue weighted by Gasteiger charge is -2.23. The molecule has 0 N–H and O–H groups in total. The molecule has 0 amide bonds. The molecule has 3 rings (SSSR count). The van der Waals surface area contributed by atoms with Crippen LogP contribution in [0.2, 0.25) is 0 Å². The Bertz CT molecular complexity index is 1210. The number of hydrogen-bond donors (Lipinski definition) is 0. The maximum Gasteiger partial charge on any atom is 0.337 e. The molecule has 0 saturated carbocycles. The number of rotatable bonds is 5. The van der Waals surface area contributed by atoms with E-state index in [1.807, 2.05) is 0 Å². The summed E-state index contributed by atoms with van der Waals surface area (Å²) < 4.78 is 33.8. The van der Waals surface area contributed by atoms with Gasteiger partial charge in [-0.15, -0.1) is 0 Å². The largest absolute Gasteiger partial charge is 0.465 e. The van der Waals surface area contributed by atoms with Crippen LogP contribution < -0.4 is 9.99 Å². The number of hydrogen-bond acceptors (Lipinski definition) is 5. The van der Waals surface area contributed by atoms with Crippen LogP contribution in [0.4, 0.5) is 5.69 Å². The van der Waals surface area contributed by atoms with E-state index in [2.05, 4.69) is 4.74 Å². The molecule has 0 aliphatic carbocycles. The van der Waals surface area contributed by atoms with Crippen LogP contribution >= 0.6 is 0 Å². The minimum absolute atomic E-state index is 0.0899. The van der Waals surface area contributed by atoms with Crippen LogP contribution in [0.5, 0.6) is 0 Å². The molecule has 0 fully saturated rings. The summed E-state index contributed by atoms with van der Waals surface area (Å²) in [6, 6.07) is 11.6. The third-order valence-electron chi connectivity index (χ3n) is 4.65. The van der Waals surface area contributed by atoms with E-state index >= 15 is 0 Å². The average Bonchev–Trinajstić information content (AvgIpc) is 2.89. The number of sulfonamides is 1. The highest BCUT2D eigenvalue weighted by Crippen LogP contribution is 2.25. The lowest BCUT2D eigenvalue weighted by atomic mass is 10.1. The quantitative estimate of drug-likeness (QED) is 0.604. The Balaban J connectivity index is 2.02. The van der Waals surface area contributed by atoms with Gasteiger partial charge in [0.1, 0.15) is 0 Å². The molecule has 0 bridgehead atoms. The summed E-state index contributed by atoms with van der Waals surface area (Å²) in [5.74, 6) is -0.457. The van der Waals surface area contributed by atoms with Gasteiger partial charge in [-0.25, -0.2) is 18.0 Å². The monoisotopic (exact) mass is 403 g/mol. The van der Waals surface area contributed by atoms with Gasteiger partial charge in [0, 0.05) is 14.1 Å². The highest BCUT2D eigenvalue weighted by Gasteiger charge is 2.20. The third-order valence-corrected chi connectivity index (χ3v) is 5.79. The number of carbonyl (C=O) groups is 1. The van der Waals surface area contributed by atoms with E-state index in [-0.39, 0.29) is 12.2 Å². The van der Waals surface area contributed by atoms with Crippen LogP contribution in [0.3, 0.4) is 0 Å². The first-order valence-electron chi connectivity index (χ1n) is 8.44. The molecule has 2 aromatic carbocycles. The molecular formula is C19H21N3O5S. The maximum atomic E-state index is 12.4. The molecule has 1 aromatic heterocycles. The summed E-state index contributed by atoms with van der Waals surface area (Å²) in [5, 5.41) is 0. The first-order chi connectivity index (χ1) is 13.1. The van der Waals surface area contributed by atoms with Gasteiger partial charge in [-0.05, 0) is 35.9 Å². The number of nitrogens with zero attached hydrogens (tertiary/aromatic N) is 3. The molecule has 148 valence electrons. The minimum Gasteiger partial charge on any atom is -0.465 e. The predicted octanol–water partition coefficient (Wildman–Crippen LogP) is 1.63. The number of esters is 1. The van der Waals surface area contributed by atoms with E-state index in [4.69, 9.17) is 0 Å². The SMILES string of the molecule is COC(=O)c1ccc(CN(c2ccc3c(c2)n(C)c(=O)n3C)S(C)(=O)=O)cc1. The number of aromatic nitrogens is 2. The van der Waals surface area contributed by atoms with E-state index in [0.717, 1.165) is 6.26 Å². The molecule has 0 saturated heterocycles. The van der Waals surface area contributed by atoms with Crippen molar-refractivity contribution in [3.8, 4) is 0 Å². The summed E-state index contributed by atoms with van der Waals surface area (Å²) in [7, 11) is 1.03. The van der Waals surface area contributed by atoms with Gasteiger partial charge < -0.3 is 4.74 Å². The molecule has 0 spiro atoms. The van der Waals surface area contributed by atoms with Crippen LogP contribution in [0.15, 0.2) is 47.3 Å². The Morgan fingerprint density at radius 1 is 1.04 bits per heavy atom. The summed E-state index contributed by atoms with van der Waals surface area (Å²) >= 11 is 0. The topological polar surface area (TPSA) is 90.6 Å². The van der Waals surface area contributed by atoms with E-state index in [0.29, 0.717) is 27.8 Å². The van der Waals surface area contributed by atoms with E-state index in [9.17, 15) is 18.0 Å². The van der Waals surface area contributed by atoms with Crippen molar-refractivity contribution < 1.29 is 17.9 Å². The first-order valence-corrected chi connectivity index (χ1v) is 10.3. The second-order valence-corrected chi connectivity index (χ2v) is 8.44. The number of carbonyl (C=O) groups excluding carboxylic acids is 1. The fraction of sp³-hybridized carbons (Fsp3) is 0.263. The summed E-state index contributed by atoms with van der Waals surface area (Å²) in [4.78, 5) is 23.7. The fourth-order valence-electron chi connectivity index (χ4n) is 3.08. The zero-order valence-corrected chi connectivity index (χ0v) is 16.9. The van der Waals surface area contributed by atoms with Crippen LogP contribution in [0.1, 0.15) is 15.9 Å². The molecule has 0 aliphatic heterocycles. The molecule has 28 heavy (non-hydrogen) atoms. The van der Waals surface area contributed by atoms with Crippen molar-refractivity contribution in [3.05, 3.63) is 64.1 Å². The molecule has 9 heteroatoms. The van der Waals surface area contributed by atoms with Crippen LogP contribution in [-0.4, -0.2) is 36.9 Å². The van der Waals surface area contributed by atoms with Crippen molar-refractivity contribution >= 4 is 32.7 Å². The van der Waals surface area contributed by atoms with Crippen molar-refractivity contribution in [2.75, 3.05) is 17.7 Å². The number of fused-ring (bicyclic) bond motifs is 1. The molecule has 3 aromatic rings. The van der Waals surface area contributed by atoms with Gasteiger partial charge in [0.2, 0.25) is 10.0 Å². The minimum atomic E-state index is -3.58. The van der Waals surface area contributed by atoms with Gasteiger partial charge in [-0.3, -0.25) is 13.4 Å². The molecule has 8 nitrogen and oxygen atoms in total. The van der Waals surface area contributed by atoms with E-state index < -0.39 is 16.0 Å². The second-order valence-electron chi connectivity index (χ2n) is 6.53. The molecule has 0 atom stereocenters. The van der Waals surface area contributed by atoms with Crippen molar-refractivity contribution in [3.63, 3.8) is 0 Å². The number of anilines is 1. The summed E-state index contributed by atoms with van der Waals surface area (Å²) in [6.07, 6.45) is 1.13. The molecule has 0 radical (unpaired) electrons. The van der Waals surface area contributed by atoms with Crippen molar-refractivity contribution in [1.82, 2.24) is 9.13 Å². The highest BCUT2D eigenvalue weighted by atomic mass is 32.2. The van der Waals surface area contributed by atoms with Gasteiger partial charge >= 0.3 is 11.7 Å². The Labute approximate surface area is 162 Å². The average molecular weight is 403 g/mol. The Morgan fingerprint density at radius 3 is 2.21 bits per heavy atom. The van der Waals surface area contributed by atoms with Crippen molar-refractivity contribution in [2.24, 2.45) is 14.1 Å². The molecule has 0 unspecified atom stereocenters. The summed E-state index contributed by atoms with van der Waals surface area (Å²) in [6.45, 7) is 0.0899. The maximum absolute atomic E-state index is 12.4. The number of imidazole rings is 1. The zero-order valence-electron chi connectivity index (χ0n) is 16.0.